The lowest BCUT2D eigenvalue weighted by molar-refractivity contribution is 0.0993. The number of benzene rings is 1. The van der Waals surface area contributed by atoms with Crippen molar-refractivity contribution in [3.05, 3.63) is 56.7 Å². The third kappa shape index (κ3) is 2.52. The molecule has 16 heavy (non-hydrogen) atoms. The van der Waals surface area contributed by atoms with E-state index in [1.807, 2.05) is 41.9 Å². The van der Waals surface area contributed by atoms with Crippen LogP contribution in [0.2, 0.25) is 5.02 Å². The summed E-state index contributed by atoms with van der Waals surface area (Å²) < 4.78 is 0. The molecule has 0 bridgehead atoms. The summed E-state index contributed by atoms with van der Waals surface area (Å²) in [6.07, 6.45) is 0.439. The van der Waals surface area contributed by atoms with Crippen LogP contribution in [0.4, 0.5) is 0 Å². The molecular weight excluding hydrogens is 240 g/mol. The van der Waals surface area contributed by atoms with E-state index in [1.54, 1.807) is 11.3 Å². The first-order valence-electron chi connectivity index (χ1n) is 4.97. The Morgan fingerprint density at radius 1 is 1.25 bits per heavy atom. The number of carbonyl (C=O) groups excluding carboxylic acids is 1. The molecule has 0 aliphatic rings. The van der Waals surface area contributed by atoms with E-state index in [0.29, 0.717) is 11.4 Å². The Kier molecular flexibility index (Phi) is 3.42. The van der Waals surface area contributed by atoms with Gasteiger partial charge in [-0.2, -0.15) is 11.3 Å². The Balaban J connectivity index is 2.14. The Morgan fingerprint density at radius 2 is 1.94 bits per heavy atom. The SMILES string of the molecule is Cc1cscc1C(=O)Cc1ccc(Cl)cc1. The lowest BCUT2D eigenvalue weighted by Gasteiger charge is -2.01. The molecule has 0 atom stereocenters. The molecule has 0 saturated heterocycles. The summed E-state index contributed by atoms with van der Waals surface area (Å²) in [7, 11) is 0. The van der Waals surface area contributed by atoms with Gasteiger partial charge in [-0.25, -0.2) is 0 Å². The minimum atomic E-state index is 0.168. The van der Waals surface area contributed by atoms with Crippen molar-refractivity contribution in [2.75, 3.05) is 0 Å². The highest BCUT2D eigenvalue weighted by molar-refractivity contribution is 7.08. The average molecular weight is 251 g/mol. The molecule has 0 amide bonds. The number of aryl methyl sites for hydroxylation is 1. The average Bonchev–Trinajstić information content (AvgIpc) is 2.68. The highest BCUT2D eigenvalue weighted by atomic mass is 35.5. The smallest absolute Gasteiger partial charge is 0.168 e. The minimum Gasteiger partial charge on any atom is -0.294 e. The Labute approximate surface area is 104 Å². The maximum atomic E-state index is 12.0. The third-order valence-electron chi connectivity index (χ3n) is 2.43. The van der Waals surface area contributed by atoms with Crippen molar-refractivity contribution >= 4 is 28.7 Å². The van der Waals surface area contributed by atoms with Crippen LogP contribution in [0.3, 0.4) is 0 Å². The fraction of sp³-hybridized carbons (Fsp3) is 0.154. The van der Waals surface area contributed by atoms with Crippen molar-refractivity contribution in [3.8, 4) is 0 Å². The second-order valence-corrected chi connectivity index (χ2v) is 4.87. The Bertz CT molecular complexity index is 499. The summed E-state index contributed by atoms with van der Waals surface area (Å²) in [5, 5.41) is 4.60. The molecule has 0 spiro atoms. The molecule has 1 heterocycles. The van der Waals surface area contributed by atoms with Crippen molar-refractivity contribution in [3.63, 3.8) is 0 Å². The topological polar surface area (TPSA) is 17.1 Å². The number of hydrogen-bond donors (Lipinski definition) is 0. The van der Waals surface area contributed by atoms with E-state index in [2.05, 4.69) is 0 Å². The lowest BCUT2D eigenvalue weighted by Crippen LogP contribution is -2.03. The van der Waals surface area contributed by atoms with E-state index in [1.165, 1.54) is 0 Å². The second-order valence-electron chi connectivity index (χ2n) is 3.69. The first-order chi connectivity index (χ1) is 7.66. The summed E-state index contributed by atoms with van der Waals surface area (Å²) in [4.78, 5) is 12.0. The molecule has 0 N–H and O–H groups in total. The summed E-state index contributed by atoms with van der Waals surface area (Å²) in [5.41, 5.74) is 2.89. The van der Waals surface area contributed by atoms with Gasteiger partial charge in [0.1, 0.15) is 0 Å². The maximum Gasteiger partial charge on any atom is 0.168 e. The van der Waals surface area contributed by atoms with Gasteiger partial charge in [0.15, 0.2) is 5.78 Å². The van der Waals surface area contributed by atoms with E-state index >= 15 is 0 Å². The summed E-state index contributed by atoms with van der Waals surface area (Å²) in [6, 6.07) is 7.40. The van der Waals surface area contributed by atoms with E-state index in [0.717, 1.165) is 16.7 Å². The van der Waals surface area contributed by atoms with Gasteiger partial charge in [-0.15, -0.1) is 0 Å². The Morgan fingerprint density at radius 3 is 2.50 bits per heavy atom. The second kappa shape index (κ2) is 4.81. The number of carbonyl (C=O) groups is 1. The molecule has 0 unspecified atom stereocenters. The molecule has 2 rings (SSSR count). The van der Waals surface area contributed by atoms with Gasteiger partial charge in [0.25, 0.3) is 0 Å². The van der Waals surface area contributed by atoms with Crippen molar-refractivity contribution < 1.29 is 4.79 Å². The molecule has 3 heteroatoms. The van der Waals surface area contributed by atoms with Gasteiger partial charge < -0.3 is 0 Å². The van der Waals surface area contributed by atoms with Gasteiger partial charge in [0.05, 0.1) is 0 Å². The van der Waals surface area contributed by atoms with Gasteiger partial charge in [-0.3, -0.25) is 4.79 Å². The molecular formula is C13H11ClOS. The van der Waals surface area contributed by atoms with Crippen LogP contribution in [0, 0.1) is 6.92 Å². The fourth-order valence-corrected chi connectivity index (χ4v) is 2.51. The predicted octanol–water partition coefficient (Wildman–Crippen LogP) is 4.14. The van der Waals surface area contributed by atoms with Crippen LogP contribution in [0.5, 0.6) is 0 Å². The quantitative estimate of drug-likeness (QED) is 0.749. The monoisotopic (exact) mass is 250 g/mol. The molecule has 1 aromatic carbocycles. The normalized spacial score (nSPS) is 10.4. The van der Waals surface area contributed by atoms with E-state index in [9.17, 15) is 4.79 Å². The number of hydrogen-bond acceptors (Lipinski definition) is 2. The number of Topliss-reactive ketones (excluding diaryl/α,β-unsaturated/α-hetero) is 1. The summed E-state index contributed by atoms with van der Waals surface area (Å²) in [6.45, 7) is 1.96. The third-order valence-corrected chi connectivity index (χ3v) is 3.55. The van der Waals surface area contributed by atoms with Gasteiger partial charge >= 0.3 is 0 Å². The first kappa shape index (κ1) is 11.4. The van der Waals surface area contributed by atoms with Crippen LogP contribution in [-0.4, -0.2) is 5.78 Å². The van der Waals surface area contributed by atoms with E-state index in [4.69, 9.17) is 11.6 Å². The lowest BCUT2D eigenvalue weighted by atomic mass is 10.0. The zero-order valence-corrected chi connectivity index (χ0v) is 10.4. The number of thiophene rings is 1. The molecule has 0 fully saturated rings. The molecule has 2 aromatic rings. The standard InChI is InChI=1S/C13H11ClOS/c1-9-7-16-8-12(9)13(15)6-10-2-4-11(14)5-3-10/h2-5,7-8H,6H2,1H3. The van der Waals surface area contributed by atoms with Crippen LogP contribution in [0.15, 0.2) is 35.0 Å². The van der Waals surface area contributed by atoms with Crippen molar-refractivity contribution in [1.82, 2.24) is 0 Å². The summed E-state index contributed by atoms with van der Waals surface area (Å²) >= 11 is 7.36. The zero-order valence-electron chi connectivity index (χ0n) is 8.87. The highest BCUT2D eigenvalue weighted by Crippen LogP contribution is 2.17. The van der Waals surface area contributed by atoms with Crippen LogP contribution in [0.1, 0.15) is 21.5 Å². The molecule has 0 saturated carbocycles. The maximum absolute atomic E-state index is 12.0. The van der Waals surface area contributed by atoms with Crippen molar-refractivity contribution in [2.24, 2.45) is 0 Å². The fourth-order valence-electron chi connectivity index (χ4n) is 1.53. The molecule has 0 aliphatic heterocycles. The van der Waals surface area contributed by atoms with Gasteiger partial charge in [0.2, 0.25) is 0 Å². The van der Waals surface area contributed by atoms with Crippen LogP contribution in [-0.2, 0) is 6.42 Å². The number of halogens is 1. The molecule has 0 aliphatic carbocycles. The van der Waals surface area contributed by atoms with Crippen molar-refractivity contribution in [2.45, 2.75) is 13.3 Å². The van der Waals surface area contributed by atoms with Crippen molar-refractivity contribution in [1.29, 1.82) is 0 Å². The Hall–Kier alpha value is -1.12. The van der Waals surface area contributed by atoms with Crippen LogP contribution >= 0.6 is 22.9 Å². The van der Waals surface area contributed by atoms with Gasteiger partial charge in [-0.05, 0) is 35.6 Å². The minimum absolute atomic E-state index is 0.168. The van der Waals surface area contributed by atoms with E-state index in [-0.39, 0.29) is 5.78 Å². The van der Waals surface area contributed by atoms with Gasteiger partial charge in [-0.1, -0.05) is 23.7 Å². The highest BCUT2D eigenvalue weighted by Gasteiger charge is 2.10. The molecule has 0 radical (unpaired) electrons. The largest absolute Gasteiger partial charge is 0.294 e. The van der Waals surface area contributed by atoms with E-state index < -0.39 is 0 Å². The number of rotatable bonds is 3. The summed E-state index contributed by atoms with van der Waals surface area (Å²) in [5.74, 6) is 0.168. The molecule has 1 aromatic heterocycles. The molecule has 82 valence electrons. The predicted molar refractivity (Wildman–Crippen MR) is 68.5 cm³/mol. The van der Waals surface area contributed by atoms with Gasteiger partial charge in [0, 0.05) is 22.4 Å². The number of ketones is 1. The van der Waals surface area contributed by atoms with Crippen LogP contribution in [0.25, 0.3) is 0 Å². The van der Waals surface area contributed by atoms with Crippen LogP contribution < -0.4 is 0 Å². The zero-order chi connectivity index (χ0) is 11.5. The first-order valence-corrected chi connectivity index (χ1v) is 6.29. The molecule has 1 nitrogen and oxygen atoms in total.